The number of amides is 1. The third-order valence-electron chi connectivity index (χ3n) is 3.24. The van der Waals surface area contributed by atoms with Gasteiger partial charge in [0.25, 0.3) is 0 Å². The van der Waals surface area contributed by atoms with Crippen LogP contribution >= 0.6 is 0 Å². The fourth-order valence-corrected chi connectivity index (χ4v) is 2.06. The molecule has 6 nitrogen and oxygen atoms in total. The van der Waals surface area contributed by atoms with Gasteiger partial charge in [-0.25, -0.2) is 0 Å². The summed E-state index contributed by atoms with van der Waals surface area (Å²) in [5.74, 6) is -0.0162. The quantitative estimate of drug-likeness (QED) is 0.613. The summed E-state index contributed by atoms with van der Waals surface area (Å²) in [5.41, 5.74) is 0. The van der Waals surface area contributed by atoms with Gasteiger partial charge in [-0.15, -0.1) is 0 Å². The Morgan fingerprint density at radius 2 is 2.39 bits per heavy atom. The second-order valence-corrected chi connectivity index (χ2v) is 4.64. The van der Waals surface area contributed by atoms with E-state index in [1.54, 1.807) is 7.11 Å². The van der Waals surface area contributed by atoms with Crippen molar-refractivity contribution in [3.05, 3.63) is 0 Å². The van der Waals surface area contributed by atoms with E-state index in [1.165, 1.54) is 0 Å². The van der Waals surface area contributed by atoms with Gasteiger partial charge in [0.2, 0.25) is 5.91 Å². The summed E-state index contributed by atoms with van der Waals surface area (Å²) >= 11 is 0. The molecule has 3 atom stereocenters. The first kappa shape index (κ1) is 15.4. The minimum absolute atomic E-state index is 0.0127. The zero-order chi connectivity index (χ0) is 13.5. The molecule has 6 heteroatoms. The van der Waals surface area contributed by atoms with Crippen LogP contribution in [0.25, 0.3) is 0 Å². The maximum atomic E-state index is 11.9. The van der Waals surface area contributed by atoms with E-state index in [0.717, 1.165) is 0 Å². The van der Waals surface area contributed by atoms with E-state index in [1.807, 2.05) is 13.8 Å². The molecule has 2 N–H and O–H groups in total. The van der Waals surface area contributed by atoms with E-state index in [-0.39, 0.29) is 30.7 Å². The van der Waals surface area contributed by atoms with Crippen LogP contribution in [0.15, 0.2) is 0 Å². The second kappa shape index (κ2) is 7.68. The van der Waals surface area contributed by atoms with Crippen LogP contribution in [0.4, 0.5) is 0 Å². The SMILES string of the molecule is COCCNC(=O)C(C)N1CC(CO)OCC1C. The predicted molar refractivity (Wildman–Crippen MR) is 67.3 cm³/mol. The molecule has 1 heterocycles. The number of carbonyl (C=O) groups is 1. The molecule has 0 aliphatic carbocycles. The molecule has 0 aromatic carbocycles. The number of morpholine rings is 1. The number of carbonyl (C=O) groups excluding carboxylic acids is 1. The van der Waals surface area contributed by atoms with Crippen molar-refractivity contribution in [3.63, 3.8) is 0 Å². The lowest BCUT2D eigenvalue weighted by molar-refractivity contribution is -0.134. The lowest BCUT2D eigenvalue weighted by Gasteiger charge is -2.40. The number of hydrogen-bond acceptors (Lipinski definition) is 5. The smallest absolute Gasteiger partial charge is 0.237 e. The van der Waals surface area contributed by atoms with Crippen molar-refractivity contribution in [1.29, 1.82) is 0 Å². The molecule has 1 rings (SSSR count). The minimum atomic E-state index is -0.227. The lowest BCUT2D eigenvalue weighted by Crippen LogP contribution is -2.57. The van der Waals surface area contributed by atoms with Crippen molar-refractivity contribution in [1.82, 2.24) is 10.2 Å². The minimum Gasteiger partial charge on any atom is -0.394 e. The summed E-state index contributed by atoms with van der Waals surface area (Å²) in [6, 6.07) is -0.0502. The van der Waals surface area contributed by atoms with Gasteiger partial charge in [-0.3, -0.25) is 9.69 Å². The van der Waals surface area contributed by atoms with E-state index >= 15 is 0 Å². The Hall–Kier alpha value is -0.690. The van der Waals surface area contributed by atoms with Crippen molar-refractivity contribution in [2.75, 3.05) is 40.0 Å². The Morgan fingerprint density at radius 3 is 3.00 bits per heavy atom. The summed E-state index contributed by atoms with van der Waals surface area (Å²) in [7, 11) is 1.60. The van der Waals surface area contributed by atoms with Gasteiger partial charge in [0.1, 0.15) is 0 Å². The first-order chi connectivity index (χ1) is 8.60. The van der Waals surface area contributed by atoms with Crippen molar-refractivity contribution in [2.24, 2.45) is 0 Å². The Balaban J connectivity index is 2.47. The number of ether oxygens (including phenoxy) is 2. The van der Waals surface area contributed by atoms with Crippen molar-refractivity contribution < 1.29 is 19.4 Å². The van der Waals surface area contributed by atoms with Crippen LogP contribution < -0.4 is 5.32 Å². The summed E-state index contributed by atoms with van der Waals surface area (Å²) in [6.07, 6.45) is -0.199. The van der Waals surface area contributed by atoms with Gasteiger partial charge in [-0.05, 0) is 13.8 Å². The van der Waals surface area contributed by atoms with Crippen LogP contribution in [0.2, 0.25) is 0 Å². The van der Waals surface area contributed by atoms with Crippen LogP contribution in [-0.4, -0.2) is 74.1 Å². The second-order valence-electron chi connectivity index (χ2n) is 4.64. The molecule has 0 radical (unpaired) electrons. The predicted octanol–water partition coefficient (Wildman–Crippen LogP) is -0.781. The summed E-state index contributed by atoms with van der Waals surface area (Å²) in [4.78, 5) is 14.0. The molecule has 0 aromatic heterocycles. The van der Waals surface area contributed by atoms with E-state index in [9.17, 15) is 4.79 Å². The van der Waals surface area contributed by atoms with Crippen LogP contribution in [0.5, 0.6) is 0 Å². The van der Waals surface area contributed by atoms with E-state index in [0.29, 0.717) is 26.3 Å². The first-order valence-electron chi connectivity index (χ1n) is 6.35. The summed E-state index contributed by atoms with van der Waals surface area (Å²) in [5, 5.41) is 11.9. The number of hydrogen-bond donors (Lipinski definition) is 2. The topological polar surface area (TPSA) is 71.0 Å². The lowest BCUT2D eigenvalue weighted by atomic mass is 10.1. The zero-order valence-corrected chi connectivity index (χ0v) is 11.4. The van der Waals surface area contributed by atoms with Crippen LogP contribution in [0.1, 0.15) is 13.8 Å². The van der Waals surface area contributed by atoms with E-state index in [2.05, 4.69) is 10.2 Å². The van der Waals surface area contributed by atoms with Crippen molar-refractivity contribution in [2.45, 2.75) is 32.0 Å². The summed E-state index contributed by atoms with van der Waals surface area (Å²) in [6.45, 7) is 6.03. The highest BCUT2D eigenvalue weighted by Gasteiger charge is 2.31. The largest absolute Gasteiger partial charge is 0.394 e. The third-order valence-corrected chi connectivity index (χ3v) is 3.24. The number of nitrogens with one attached hydrogen (secondary N) is 1. The maximum Gasteiger partial charge on any atom is 0.237 e. The highest BCUT2D eigenvalue weighted by molar-refractivity contribution is 5.81. The Kier molecular flexibility index (Phi) is 6.56. The standard InChI is InChI=1S/C12H24N2O4/c1-9-8-18-11(7-15)6-14(9)10(2)12(16)13-4-5-17-3/h9-11,15H,4-8H2,1-3H3,(H,13,16). The van der Waals surface area contributed by atoms with Crippen molar-refractivity contribution >= 4 is 5.91 Å². The Bertz CT molecular complexity index is 262. The fraction of sp³-hybridized carbons (Fsp3) is 0.917. The molecule has 1 aliphatic rings. The van der Waals surface area contributed by atoms with Gasteiger partial charge >= 0.3 is 0 Å². The summed E-state index contributed by atoms with van der Waals surface area (Å²) < 4.78 is 10.3. The molecule has 1 fully saturated rings. The van der Waals surface area contributed by atoms with E-state index in [4.69, 9.17) is 14.6 Å². The van der Waals surface area contributed by atoms with Crippen LogP contribution in [-0.2, 0) is 14.3 Å². The van der Waals surface area contributed by atoms with Gasteiger partial charge in [-0.1, -0.05) is 0 Å². The Morgan fingerprint density at radius 1 is 1.67 bits per heavy atom. The van der Waals surface area contributed by atoms with Gasteiger partial charge in [0, 0.05) is 26.2 Å². The third kappa shape index (κ3) is 4.20. The fourth-order valence-electron chi connectivity index (χ4n) is 2.06. The molecule has 1 aliphatic heterocycles. The van der Waals surface area contributed by atoms with Gasteiger partial charge in [0.05, 0.1) is 32.0 Å². The Labute approximate surface area is 108 Å². The zero-order valence-electron chi connectivity index (χ0n) is 11.4. The number of rotatable bonds is 6. The average molecular weight is 260 g/mol. The number of aliphatic hydroxyl groups excluding tert-OH is 1. The van der Waals surface area contributed by atoms with Gasteiger partial charge in [0.15, 0.2) is 0 Å². The molecule has 18 heavy (non-hydrogen) atoms. The number of aliphatic hydroxyl groups is 1. The highest BCUT2D eigenvalue weighted by atomic mass is 16.5. The molecule has 3 unspecified atom stereocenters. The first-order valence-corrected chi connectivity index (χ1v) is 6.35. The van der Waals surface area contributed by atoms with E-state index < -0.39 is 0 Å². The molecule has 106 valence electrons. The monoisotopic (exact) mass is 260 g/mol. The molecule has 0 saturated carbocycles. The molecule has 1 amide bonds. The molecule has 0 bridgehead atoms. The molecule has 1 saturated heterocycles. The van der Waals surface area contributed by atoms with Gasteiger partial charge < -0.3 is 19.9 Å². The molecule has 0 aromatic rings. The van der Waals surface area contributed by atoms with Gasteiger partial charge in [-0.2, -0.15) is 0 Å². The molecular formula is C12H24N2O4. The van der Waals surface area contributed by atoms with Crippen LogP contribution in [0.3, 0.4) is 0 Å². The average Bonchev–Trinajstić information content (AvgIpc) is 2.38. The maximum absolute atomic E-state index is 11.9. The normalized spacial score (nSPS) is 26.9. The van der Waals surface area contributed by atoms with Crippen LogP contribution in [0, 0.1) is 0 Å². The van der Waals surface area contributed by atoms with Crippen molar-refractivity contribution in [3.8, 4) is 0 Å². The number of methoxy groups -OCH3 is 1. The molecular weight excluding hydrogens is 236 g/mol. The molecule has 0 spiro atoms. The highest BCUT2D eigenvalue weighted by Crippen LogP contribution is 2.14. The number of nitrogens with zero attached hydrogens (tertiary/aromatic N) is 1.